The minimum atomic E-state index is -0.863. The molecule has 0 radical (unpaired) electrons. The number of hydrogen-bond acceptors (Lipinski definition) is 4. The molecule has 0 saturated heterocycles. The van der Waals surface area contributed by atoms with Crippen LogP contribution < -0.4 is 4.74 Å². The molecule has 0 fully saturated rings. The molecule has 1 aromatic rings. The summed E-state index contributed by atoms with van der Waals surface area (Å²) < 4.78 is 5.88. The summed E-state index contributed by atoms with van der Waals surface area (Å²) in [4.78, 5) is 10.4. The lowest BCUT2D eigenvalue weighted by atomic mass is 10.2. The van der Waals surface area contributed by atoms with E-state index in [-0.39, 0.29) is 5.75 Å². The highest BCUT2D eigenvalue weighted by atomic mass is 32.2. The number of hydrogen-bond donors (Lipinski definition) is 1. The zero-order chi connectivity index (χ0) is 12.0. The third-order valence-corrected chi connectivity index (χ3v) is 3.21. The Morgan fingerprint density at radius 2 is 2.06 bits per heavy atom. The molecular formula is C11H12O3S2. The fourth-order valence-electron chi connectivity index (χ4n) is 1.06. The molecule has 0 unspecified atom stereocenters. The van der Waals surface area contributed by atoms with Crippen LogP contribution in [-0.2, 0) is 4.79 Å². The zero-order valence-corrected chi connectivity index (χ0v) is 10.4. The van der Waals surface area contributed by atoms with Crippen LogP contribution in [0.5, 0.6) is 5.75 Å². The van der Waals surface area contributed by atoms with Crippen LogP contribution >= 0.6 is 24.0 Å². The number of aliphatic carboxylic acids is 1. The van der Waals surface area contributed by atoms with Crippen molar-refractivity contribution in [1.82, 2.24) is 0 Å². The predicted octanol–water partition coefficient (Wildman–Crippen LogP) is 2.58. The van der Waals surface area contributed by atoms with E-state index in [1.807, 2.05) is 31.2 Å². The standard InChI is InChI=1S/C11H12O3S2/c1-2-14-9-5-3-8(4-6-9)11(15)16-7-10(12)13/h3-6H,2,7H2,1H3,(H,12,13). The molecule has 3 nitrogen and oxygen atoms in total. The van der Waals surface area contributed by atoms with Crippen molar-refractivity contribution in [1.29, 1.82) is 0 Å². The second-order valence-electron chi connectivity index (χ2n) is 2.93. The molecule has 1 N–H and O–H groups in total. The third kappa shape index (κ3) is 4.20. The average molecular weight is 256 g/mol. The van der Waals surface area contributed by atoms with Gasteiger partial charge in [-0.25, -0.2) is 0 Å². The van der Waals surface area contributed by atoms with Crippen LogP contribution in [0.1, 0.15) is 12.5 Å². The lowest BCUT2D eigenvalue weighted by Gasteiger charge is -2.05. The SMILES string of the molecule is CCOc1ccc(C(=S)SCC(=O)O)cc1. The molecule has 0 bridgehead atoms. The summed E-state index contributed by atoms with van der Waals surface area (Å²) in [5.74, 6) is -0.0814. The van der Waals surface area contributed by atoms with E-state index < -0.39 is 5.97 Å². The molecule has 1 aromatic carbocycles. The van der Waals surface area contributed by atoms with Gasteiger partial charge in [0.2, 0.25) is 0 Å². The van der Waals surface area contributed by atoms with E-state index in [4.69, 9.17) is 22.1 Å². The molecule has 0 atom stereocenters. The Morgan fingerprint density at radius 3 is 2.56 bits per heavy atom. The van der Waals surface area contributed by atoms with E-state index in [0.717, 1.165) is 23.1 Å². The van der Waals surface area contributed by atoms with Gasteiger partial charge in [-0.2, -0.15) is 0 Å². The number of thiocarbonyl (C=S) groups is 1. The van der Waals surface area contributed by atoms with E-state index in [2.05, 4.69) is 0 Å². The Hall–Kier alpha value is -1.07. The van der Waals surface area contributed by atoms with Crippen LogP contribution in [0.2, 0.25) is 0 Å². The molecule has 0 saturated carbocycles. The van der Waals surface area contributed by atoms with Crippen molar-refractivity contribution < 1.29 is 14.6 Å². The fourth-order valence-corrected chi connectivity index (χ4v) is 1.93. The fraction of sp³-hybridized carbons (Fsp3) is 0.273. The highest BCUT2D eigenvalue weighted by Gasteiger charge is 2.05. The smallest absolute Gasteiger partial charge is 0.313 e. The van der Waals surface area contributed by atoms with Gasteiger partial charge in [0.25, 0.3) is 0 Å². The summed E-state index contributed by atoms with van der Waals surface area (Å²) >= 11 is 6.25. The van der Waals surface area contributed by atoms with Crippen molar-refractivity contribution in [3.8, 4) is 5.75 Å². The molecule has 0 aromatic heterocycles. The molecule has 0 aliphatic rings. The third-order valence-electron chi connectivity index (χ3n) is 1.73. The van der Waals surface area contributed by atoms with Gasteiger partial charge in [0.1, 0.15) is 5.75 Å². The molecule has 5 heteroatoms. The molecular weight excluding hydrogens is 244 g/mol. The topological polar surface area (TPSA) is 46.5 Å². The van der Waals surface area contributed by atoms with Crippen LogP contribution in [0.25, 0.3) is 0 Å². The van der Waals surface area contributed by atoms with Gasteiger partial charge in [0.15, 0.2) is 0 Å². The largest absolute Gasteiger partial charge is 0.494 e. The van der Waals surface area contributed by atoms with Crippen molar-refractivity contribution in [3.05, 3.63) is 29.8 Å². The highest BCUT2D eigenvalue weighted by molar-refractivity contribution is 8.24. The number of carboxylic acids is 1. The van der Waals surface area contributed by atoms with E-state index in [1.165, 1.54) is 0 Å². The first-order chi connectivity index (χ1) is 7.63. The van der Waals surface area contributed by atoms with Crippen molar-refractivity contribution >= 4 is 34.1 Å². The monoisotopic (exact) mass is 256 g/mol. The number of thioether (sulfide) groups is 1. The molecule has 0 aliphatic carbocycles. The first kappa shape index (κ1) is 13.0. The Bertz CT molecular complexity index is 373. The van der Waals surface area contributed by atoms with Crippen molar-refractivity contribution in [2.24, 2.45) is 0 Å². The summed E-state index contributed by atoms with van der Waals surface area (Å²) in [5.41, 5.74) is 0.852. The lowest BCUT2D eigenvalue weighted by molar-refractivity contribution is -0.133. The predicted molar refractivity (Wildman–Crippen MR) is 69.4 cm³/mol. The van der Waals surface area contributed by atoms with Crippen LogP contribution in [0.15, 0.2) is 24.3 Å². The maximum absolute atomic E-state index is 10.4. The number of rotatable bonds is 5. The van der Waals surface area contributed by atoms with Crippen LogP contribution in [-0.4, -0.2) is 27.6 Å². The van der Waals surface area contributed by atoms with E-state index >= 15 is 0 Å². The molecule has 0 aliphatic heterocycles. The van der Waals surface area contributed by atoms with Crippen LogP contribution in [0.3, 0.4) is 0 Å². The molecule has 86 valence electrons. The minimum Gasteiger partial charge on any atom is -0.494 e. The van der Waals surface area contributed by atoms with Crippen LogP contribution in [0, 0.1) is 0 Å². The summed E-state index contributed by atoms with van der Waals surface area (Å²) in [6, 6.07) is 7.32. The van der Waals surface area contributed by atoms with Crippen LogP contribution in [0.4, 0.5) is 0 Å². The van der Waals surface area contributed by atoms with E-state index in [9.17, 15) is 4.79 Å². The number of carbonyl (C=O) groups is 1. The van der Waals surface area contributed by atoms with Crippen molar-refractivity contribution in [2.75, 3.05) is 12.4 Å². The van der Waals surface area contributed by atoms with Gasteiger partial charge in [-0.1, -0.05) is 12.2 Å². The summed E-state index contributed by atoms with van der Waals surface area (Å²) in [7, 11) is 0. The Morgan fingerprint density at radius 1 is 1.44 bits per heavy atom. The summed E-state index contributed by atoms with van der Waals surface area (Å²) in [6.07, 6.45) is 0. The Balaban J connectivity index is 2.59. The van der Waals surface area contributed by atoms with Gasteiger partial charge >= 0.3 is 5.97 Å². The highest BCUT2D eigenvalue weighted by Crippen LogP contribution is 2.17. The Labute approximate surface area is 104 Å². The number of carboxylic acid groups (broad SMARTS) is 1. The van der Waals surface area contributed by atoms with Crippen molar-refractivity contribution in [2.45, 2.75) is 6.92 Å². The quantitative estimate of drug-likeness (QED) is 0.820. The average Bonchev–Trinajstić information content (AvgIpc) is 2.27. The van der Waals surface area contributed by atoms with Gasteiger partial charge in [-0.3, -0.25) is 4.79 Å². The van der Waals surface area contributed by atoms with Gasteiger partial charge < -0.3 is 9.84 Å². The minimum absolute atomic E-state index is 0.00789. The van der Waals surface area contributed by atoms with Gasteiger partial charge in [-0.15, -0.1) is 11.8 Å². The molecule has 0 spiro atoms. The second kappa shape index (κ2) is 6.50. The normalized spacial score (nSPS) is 9.81. The van der Waals surface area contributed by atoms with Gasteiger partial charge in [-0.05, 0) is 36.8 Å². The first-order valence-corrected chi connectivity index (χ1v) is 6.14. The zero-order valence-electron chi connectivity index (χ0n) is 8.80. The number of benzene rings is 1. The molecule has 1 rings (SSSR count). The summed E-state index contributed by atoms with van der Waals surface area (Å²) in [6.45, 7) is 2.54. The van der Waals surface area contributed by atoms with Gasteiger partial charge in [0, 0.05) is 0 Å². The van der Waals surface area contributed by atoms with E-state index in [1.54, 1.807) is 0 Å². The first-order valence-electron chi connectivity index (χ1n) is 4.75. The van der Waals surface area contributed by atoms with E-state index in [0.29, 0.717) is 10.8 Å². The van der Waals surface area contributed by atoms with Gasteiger partial charge in [0.05, 0.1) is 16.6 Å². The van der Waals surface area contributed by atoms with Crippen molar-refractivity contribution in [3.63, 3.8) is 0 Å². The second-order valence-corrected chi connectivity index (χ2v) is 4.58. The maximum Gasteiger partial charge on any atom is 0.313 e. The molecule has 0 heterocycles. The molecule has 16 heavy (non-hydrogen) atoms. The molecule has 0 amide bonds. The number of ether oxygens (including phenoxy) is 1. The Kier molecular flexibility index (Phi) is 5.28. The maximum atomic E-state index is 10.4. The lowest BCUT2D eigenvalue weighted by Crippen LogP contribution is -2.02. The summed E-state index contributed by atoms with van der Waals surface area (Å²) in [5, 5.41) is 8.52.